The lowest BCUT2D eigenvalue weighted by Gasteiger charge is -2.35. The highest BCUT2D eigenvalue weighted by atomic mass is 16.5. The van der Waals surface area contributed by atoms with Crippen molar-refractivity contribution in [2.75, 3.05) is 31.7 Å². The summed E-state index contributed by atoms with van der Waals surface area (Å²) in [6.45, 7) is 7.78. The Morgan fingerprint density at radius 1 is 1.08 bits per heavy atom. The van der Waals surface area contributed by atoms with Crippen LogP contribution < -0.4 is 10.2 Å². The summed E-state index contributed by atoms with van der Waals surface area (Å²) in [7, 11) is 0. The van der Waals surface area contributed by atoms with Crippen molar-refractivity contribution < 1.29 is 9.47 Å². The topological polar surface area (TPSA) is 46.1 Å². The Morgan fingerprint density at radius 2 is 1.77 bits per heavy atom. The van der Waals surface area contributed by atoms with Gasteiger partial charge in [0.2, 0.25) is 0 Å². The zero-order valence-electron chi connectivity index (χ0n) is 15.5. The van der Waals surface area contributed by atoms with Crippen molar-refractivity contribution in [3.63, 3.8) is 0 Å². The zero-order chi connectivity index (χ0) is 18.2. The average Bonchev–Trinajstić information content (AvgIpc) is 2.63. The monoisotopic (exact) mass is 353 g/mol. The third-order valence-electron chi connectivity index (χ3n) is 4.23. The van der Waals surface area contributed by atoms with Gasteiger partial charge in [-0.3, -0.25) is 10.3 Å². The lowest BCUT2D eigenvalue weighted by molar-refractivity contribution is -0.0699. The van der Waals surface area contributed by atoms with Gasteiger partial charge in [0.25, 0.3) is 0 Å². The molecular formula is C21H27N3O2. The van der Waals surface area contributed by atoms with E-state index in [-0.39, 0.29) is 0 Å². The summed E-state index contributed by atoms with van der Waals surface area (Å²) in [5.41, 5.74) is 5.00. The molecule has 1 N–H and O–H groups in total. The van der Waals surface area contributed by atoms with Crippen LogP contribution in [-0.2, 0) is 4.74 Å². The molecule has 2 unspecified atom stereocenters. The van der Waals surface area contributed by atoms with Gasteiger partial charge < -0.3 is 9.47 Å². The van der Waals surface area contributed by atoms with Crippen LogP contribution in [0.1, 0.15) is 19.4 Å². The molecule has 5 nitrogen and oxygen atoms in total. The van der Waals surface area contributed by atoms with Gasteiger partial charge in [-0.15, -0.1) is 0 Å². The predicted molar refractivity (Wildman–Crippen MR) is 106 cm³/mol. The Bertz CT molecular complexity index is 678. The molecule has 1 aliphatic rings. The smallest absolute Gasteiger partial charge is 0.119 e. The predicted octanol–water partition coefficient (Wildman–Crippen LogP) is 3.62. The van der Waals surface area contributed by atoms with Crippen LogP contribution in [0.4, 0.5) is 5.69 Å². The highest BCUT2D eigenvalue weighted by Crippen LogP contribution is 2.13. The van der Waals surface area contributed by atoms with Crippen LogP contribution in [0.15, 0.2) is 59.7 Å². The summed E-state index contributed by atoms with van der Waals surface area (Å²) in [5, 5.41) is 4.24. The van der Waals surface area contributed by atoms with Crippen molar-refractivity contribution in [2.45, 2.75) is 26.1 Å². The number of morpholine rings is 1. The van der Waals surface area contributed by atoms with Crippen LogP contribution >= 0.6 is 0 Å². The molecule has 5 heteroatoms. The fourth-order valence-corrected chi connectivity index (χ4v) is 3.10. The Kier molecular flexibility index (Phi) is 6.63. The number of anilines is 1. The molecule has 0 bridgehead atoms. The minimum atomic E-state index is 0.293. The lowest BCUT2D eigenvalue weighted by atomic mass is 10.2. The lowest BCUT2D eigenvalue weighted by Crippen LogP contribution is -2.46. The molecule has 1 heterocycles. The minimum Gasteiger partial charge on any atom is -0.492 e. The number of benzene rings is 2. The molecule has 0 amide bonds. The molecule has 26 heavy (non-hydrogen) atoms. The summed E-state index contributed by atoms with van der Waals surface area (Å²) >= 11 is 0. The van der Waals surface area contributed by atoms with E-state index in [2.05, 4.69) is 29.3 Å². The largest absolute Gasteiger partial charge is 0.492 e. The number of hydrogen-bond donors (Lipinski definition) is 1. The number of rotatable bonds is 7. The molecule has 2 atom stereocenters. The SMILES string of the molecule is CC1CN(CCOc2ccc(C=NNc3ccccc3)cc2)CC(C)O1. The molecule has 1 aliphatic heterocycles. The molecule has 0 aliphatic carbocycles. The van der Waals surface area contributed by atoms with Crippen LogP contribution in [0.5, 0.6) is 5.75 Å². The minimum absolute atomic E-state index is 0.293. The standard InChI is InChI=1S/C21H27N3O2/c1-17-15-24(16-18(2)26-17)12-13-25-21-10-8-19(9-11-21)14-22-23-20-6-4-3-5-7-20/h3-11,14,17-18,23H,12-13,15-16H2,1-2H3. The average molecular weight is 353 g/mol. The van der Waals surface area contributed by atoms with Crippen molar-refractivity contribution in [2.24, 2.45) is 5.10 Å². The van der Waals surface area contributed by atoms with E-state index in [4.69, 9.17) is 9.47 Å². The van der Waals surface area contributed by atoms with Crippen LogP contribution in [0, 0.1) is 0 Å². The normalized spacial score (nSPS) is 21.0. The van der Waals surface area contributed by atoms with E-state index in [1.165, 1.54) is 0 Å². The molecule has 1 fully saturated rings. The summed E-state index contributed by atoms with van der Waals surface area (Å²) < 4.78 is 11.6. The number of para-hydroxylation sites is 1. The molecule has 138 valence electrons. The summed E-state index contributed by atoms with van der Waals surface area (Å²) in [6.07, 6.45) is 2.39. The van der Waals surface area contributed by atoms with Crippen molar-refractivity contribution in [1.82, 2.24) is 4.90 Å². The quantitative estimate of drug-likeness (QED) is 0.610. The second-order valence-corrected chi connectivity index (χ2v) is 6.67. The van der Waals surface area contributed by atoms with Gasteiger partial charge >= 0.3 is 0 Å². The van der Waals surface area contributed by atoms with Crippen molar-refractivity contribution in [1.29, 1.82) is 0 Å². The maximum atomic E-state index is 5.87. The van der Waals surface area contributed by atoms with E-state index < -0.39 is 0 Å². The molecular weight excluding hydrogens is 326 g/mol. The van der Waals surface area contributed by atoms with E-state index >= 15 is 0 Å². The fourth-order valence-electron chi connectivity index (χ4n) is 3.10. The van der Waals surface area contributed by atoms with Crippen LogP contribution in [0.2, 0.25) is 0 Å². The molecule has 0 aromatic heterocycles. The van der Waals surface area contributed by atoms with E-state index in [1.54, 1.807) is 6.21 Å². The third kappa shape index (κ3) is 5.86. The Morgan fingerprint density at radius 3 is 2.46 bits per heavy atom. The van der Waals surface area contributed by atoms with Gasteiger partial charge in [0.15, 0.2) is 0 Å². The van der Waals surface area contributed by atoms with Crippen LogP contribution in [0.25, 0.3) is 0 Å². The maximum Gasteiger partial charge on any atom is 0.119 e. The molecule has 0 saturated carbocycles. The first-order valence-corrected chi connectivity index (χ1v) is 9.14. The summed E-state index contributed by atoms with van der Waals surface area (Å²) in [5.74, 6) is 0.882. The molecule has 2 aromatic rings. The van der Waals surface area contributed by atoms with Gasteiger partial charge in [-0.25, -0.2) is 0 Å². The second-order valence-electron chi connectivity index (χ2n) is 6.67. The first-order valence-electron chi connectivity index (χ1n) is 9.14. The van der Waals surface area contributed by atoms with E-state index in [0.717, 1.165) is 36.6 Å². The van der Waals surface area contributed by atoms with Gasteiger partial charge in [-0.1, -0.05) is 18.2 Å². The highest BCUT2D eigenvalue weighted by Gasteiger charge is 2.21. The first-order chi connectivity index (χ1) is 12.7. The fraction of sp³-hybridized carbons (Fsp3) is 0.381. The van der Waals surface area contributed by atoms with Crippen LogP contribution in [-0.4, -0.2) is 49.6 Å². The number of nitrogens with zero attached hydrogens (tertiary/aromatic N) is 2. The van der Waals surface area contributed by atoms with Gasteiger partial charge in [0.1, 0.15) is 12.4 Å². The highest BCUT2D eigenvalue weighted by molar-refractivity contribution is 5.80. The summed E-state index contributed by atoms with van der Waals surface area (Å²) in [6, 6.07) is 17.9. The molecule has 0 radical (unpaired) electrons. The Balaban J connectivity index is 1.41. The van der Waals surface area contributed by atoms with E-state index in [9.17, 15) is 0 Å². The molecule has 2 aromatic carbocycles. The van der Waals surface area contributed by atoms with E-state index in [1.807, 2.05) is 54.6 Å². The number of ether oxygens (including phenoxy) is 2. The van der Waals surface area contributed by atoms with Crippen LogP contribution in [0.3, 0.4) is 0 Å². The van der Waals surface area contributed by atoms with Gasteiger partial charge in [-0.05, 0) is 55.8 Å². The van der Waals surface area contributed by atoms with Crippen molar-refractivity contribution in [3.8, 4) is 5.75 Å². The van der Waals surface area contributed by atoms with Gasteiger partial charge in [-0.2, -0.15) is 5.10 Å². The molecule has 0 spiro atoms. The Hall–Kier alpha value is -2.37. The molecule has 3 rings (SSSR count). The zero-order valence-corrected chi connectivity index (χ0v) is 15.5. The third-order valence-corrected chi connectivity index (χ3v) is 4.23. The van der Waals surface area contributed by atoms with Crippen molar-refractivity contribution >= 4 is 11.9 Å². The first kappa shape index (κ1) is 18.4. The molecule has 1 saturated heterocycles. The van der Waals surface area contributed by atoms with Gasteiger partial charge in [0, 0.05) is 19.6 Å². The van der Waals surface area contributed by atoms with E-state index in [0.29, 0.717) is 18.8 Å². The van der Waals surface area contributed by atoms with Crippen molar-refractivity contribution in [3.05, 3.63) is 60.2 Å². The number of hydrogen-bond acceptors (Lipinski definition) is 5. The second kappa shape index (κ2) is 9.36. The maximum absolute atomic E-state index is 5.87. The van der Waals surface area contributed by atoms with Gasteiger partial charge in [0.05, 0.1) is 24.1 Å². The Labute approximate surface area is 155 Å². The summed E-state index contributed by atoms with van der Waals surface area (Å²) in [4.78, 5) is 2.40. The number of hydrazone groups is 1. The number of nitrogens with one attached hydrogen (secondary N) is 1.